The van der Waals surface area contributed by atoms with Crippen LogP contribution in [0.1, 0.15) is 21.6 Å². The van der Waals surface area contributed by atoms with Gasteiger partial charge in [0.2, 0.25) is 0 Å². The molecule has 2 heterocycles. The van der Waals surface area contributed by atoms with Crippen molar-refractivity contribution in [3.05, 3.63) is 47.4 Å². The number of nitrogen functional groups attached to an aromatic ring is 1. The second-order valence-electron chi connectivity index (χ2n) is 4.23. The van der Waals surface area contributed by atoms with Crippen molar-refractivity contribution in [1.82, 2.24) is 9.97 Å². The standard InChI is InChI=1S/C14H16N4O2/c1-9-4-3-6-16-11(9)8-18-13-12(15)10(5-7-17-13)14(19)20-2/h3-7H,8,15H2,1-2H3,(H,17,18). The Kier molecular flexibility index (Phi) is 4.14. The van der Waals surface area contributed by atoms with Gasteiger partial charge in [0, 0.05) is 12.4 Å². The summed E-state index contributed by atoms with van der Waals surface area (Å²) < 4.78 is 4.67. The van der Waals surface area contributed by atoms with E-state index >= 15 is 0 Å². The van der Waals surface area contributed by atoms with Crippen LogP contribution in [-0.4, -0.2) is 23.0 Å². The fraction of sp³-hybridized carbons (Fsp3) is 0.214. The molecule has 104 valence electrons. The highest BCUT2D eigenvalue weighted by molar-refractivity contribution is 5.97. The number of nitrogens with zero attached hydrogens (tertiary/aromatic N) is 2. The number of methoxy groups -OCH3 is 1. The van der Waals surface area contributed by atoms with E-state index in [9.17, 15) is 4.79 Å². The van der Waals surface area contributed by atoms with E-state index in [1.807, 2.05) is 19.1 Å². The van der Waals surface area contributed by atoms with Gasteiger partial charge in [-0.05, 0) is 24.6 Å². The van der Waals surface area contributed by atoms with Crippen molar-refractivity contribution in [2.75, 3.05) is 18.2 Å². The molecular weight excluding hydrogens is 256 g/mol. The van der Waals surface area contributed by atoms with Gasteiger partial charge in [0.15, 0.2) is 0 Å². The van der Waals surface area contributed by atoms with Gasteiger partial charge in [-0.3, -0.25) is 4.98 Å². The number of anilines is 2. The Balaban J connectivity index is 2.18. The number of hydrogen-bond acceptors (Lipinski definition) is 6. The molecule has 20 heavy (non-hydrogen) atoms. The summed E-state index contributed by atoms with van der Waals surface area (Å²) in [4.78, 5) is 19.9. The summed E-state index contributed by atoms with van der Waals surface area (Å²) in [6.45, 7) is 2.46. The largest absolute Gasteiger partial charge is 0.465 e. The minimum atomic E-state index is -0.484. The van der Waals surface area contributed by atoms with Crippen molar-refractivity contribution in [3.8, 4) is 0 Å². The third-order valence-corrected chi connectivity index (χ3v) is 2.94. The van der Waals surface area contributed by atoms with Crippen LogP contribution >= 0.6 is 0 Å². The molecule has 0 aliphatic heterocycles. The molecule has 0 atom stereocenters. The Hall–Kier alpha value is -2.63. The molecule has 3 N–H and O–H groups in total. The van der Waals surface area contributed by atoms with Gasteiger partial charge in [-0.2, -0.15) is 0 Å². The molecule has 0 radical (unpaired) electrons. The molecule has 0 aliphatic carbocycles. The lowest BCUT2D eigenvalue weighted by atomic mass is 10.2. The summed E-state index contributed by atoms with van der Waals surface area (Å²) in [5.74, 6) is -0.0417. The van der Waals surface area contributed by atoms with Crippen LogP contribution in [-0.2, 0) is 11.3 Å². The highest BCUT2D eigenvalue weighted by atomic mass is 16.5. The fourth-order valence-electron chi connectivity index (χ4n) is 1.77. The zero-order chi connectivity index (χ0) is 14.5. The molecule has 0 saturated carbocycles. The van der Waals surface area contributed by atoms with Gasteiger partial charge in [0.05, 0.1) is 30.6 Å². The minimum Gasteiger partial charge on any atom is -0.465 e. The maximum absolute atomic E-state index is 11.5. The number of nitrogens with one attached hydrogen (secondary N) is 1. The van der Waals surface area contributed by atoms with Gasteiger partial charge in [0.25, 0.3) is 0 Å². The number of pyridine rings is 2. The molecule has 2 aromatic rings. The third-order valence-electron chi connectivity index (χ3n) is 2.94. The number of aryl methyl sites for hydroxylation is 1. The zero-order valence-corrected chi connectivity index (χ0v) is 11.4. The van der Waals surface area contributed by atoms with E-state index in [0.717, 1.165) is 11.3 Å². The smallest absolute Gasteiger partial charge is 0.340 e. The first-order valence-corrected chi connectivity index (χ1v) is 6.10. The lowest BCUT2D eigenvalue weighted by molar-refractivity contribution is 0.0602. The van der Waals surface area contributed by atoms with Crippen molar-refractivity contribution < 1.29 is 9.53 Å². The van der Waals surface area contributed by atoms with Gasteiger partial charge in [-0.25, -0.2) is 9.78 Å². The first-order valence-electron chi connectivity index (χ1n) is 6.10. The van der Waals surface area contributed by atoms with Gasteiger partial charge >= 0.3 is 5.97 Å². The van der Waals surface area contributed by atoms with Crippen molar-refractivity contribution in [2.45, 2.75) is 13.5 Å². The van der Waals surface area contributed by atoms with Crippen LogP contribution < -0.4 is 11.1 Å². The van der Waals surface area contributed by atoms with Gasteiger partial charge in [-0.15, -0.1) is 0 Å². The van der Waals surface area contributed by atoms with Crippen molar-refractivity contribution >= 4 is 17.5 Å². The van der Waals surface area contributed by atoms with Crippen molar-refractivity contribution in [1.29, 1.82) is 0 Å². The molecule has 2 rings (SSSR count). The molecular formula is C14H16N4O2. The van der Waals surface area contributed by atoms with E-state index in [2.05, 4.69) is 20.0 Å². The second-order valence-corrected chi connectivity index (χ2v) is 4.23. The molecule has 0 amide bonds. The van der Waals surface area contributed by atoms with Crippen LogP contribution in [0.2, 0.25) is 0 Å². The summed E-state index contributed by atoms with van der Waals surface area (Å²) >= 11 is 0. The monoisotopic (exact) mass is 272 g/mol. The molecule has 0 unspecified atom stereocenters. The second kappa shape index (κ2) is 6.01. The SMILES string of the molecule is COC(=O)c1ccnc(NCc2ncccc2C)c1N. The number of carbonyl (C=O) groups excluding carboxylic acids is 1. The highest BCUT2D eigenvalue weighted by Crippen LogP contribution is 2.21. The zero-order valence-electron chi connectivity index (χ0n) is 11.4. The minimum absolute atomic E-state index is 0.271. The predicted molar refractivity (Wildman–Crippen MR) is 76.3 cm³/mol. The summed E-state index contributed by atoms with van der Waals surface area (Å²) in [6.07, 6.45) is 3.24. The Bertz CT molecular complexity index is 628. The molecule has 6 heteroatoms. The van der Waals surface area contributed by atoms with Crippen LogP contribution in [0.15, 0.2) is 30.6 Å². The van der Waals surface area contributed by atoms with Crippen LogP contribution in [0.4, 0.5) is 11.5 Å². The number of aromatic nitrogens is 2. The number of hydrogen-bond donors (Lipinski definition) is 2. The lowest BCUT2D eigenvalue weighted by Crippen LogP contribution is -2.11. The van der Waals surface area contributed by atoms with Crippen LogP contribution in [0, 0.1) is 6.92 Å². The Morgan fingerprint density at radius 2 is 2.15 bits per heavy atom. The van der Waals surface area contributed by atoms with Crippen LogP contribution in [0.25, 0.3) is 0 Å². The summed E-state index contributed by atoms with van der Waals surface area (Å²) in [6, 6.07) is 5.38. The first kappa shape index (κ1) is 13.8. The van der Waals surface area contributed by atoms with Crippen molar-refractivity contribution in [3.63, 3.8) is 0 Å². The van der Waals surface area contributed by atoms with E-state index in [1.165, 1.54) is 19.4 Å². The third kappa shape index (κ3) is 2.85. The topological polar surface area (TPSA) is 90.1 Å². The number of nitrogens with two attached hydrogens (primary N) is 1. The molecule has 6 nitrogen and oxygen atoms in total. The quantitative estimate of drug-likeness (QED) is 0.824. The van der Waals surface area contributed by atoms with Crippen molar-refractivity contribution in [2.24, 2.45) is 0 Å². The molecule has 0 spiro atoms. The molecule has 0 bridgehead atoms. The normalized spacial score (nSPS) is 10.1. The van der Waals surface area contributed by atoms with Crippen LogP contribution in [0.3, 0.4) is 0 Å². The molecule has 0 aliphatic rings. The van der Waals surface area contributed by atoms with E-state index in [4.69, 9.17) is 5.73 Å². The predicted octanol–water partition coefficient (Wildman–Crippen LogP) is 1.77. The number of rotatable bonds is 4. The number of carbonyl (C=O) groups is 1. The first-order chi connectivity index (χ1) is 9.63. The maximum Gasteiger partial charge on any atom is 0.340 e. The van der Waals surface area contributed by atoms with Gasteiger partial charge < -0.3 is 15.8 Å². The molecule has 2 aromatic heterocycles. The fourth-order valence-corrected chi connectivity index (χ4v) is 1.77. The number of esters is 1. The Morgan fingerprint density at radius 3 is 2.85 bits per heavy atom. The summed E-state index contributed by atoms with van der Waals surface area (Å²) in [5, 5.41) is 3.08. The maximum atomic E-state index is 11.5. The van der Waals surface area contributed by atoms with Gasteiger partial charge in [0.1, 0.15) is 5.82 Å². The summed E-state index contributed by atoms with van der Waals surface area (Å²) in [5.41, 5.74) is 8.45. The average molecular weight is 272 g/mol. The summed E-state index contributed by atoms with van der Waals surface area (Å²) in [7, 11) is 1.31. The molecule has 0 saturated heterocycles. The van der Waals surface area contributed by atoms with Crippen LogP contribution in [0.5, 0.6) is 0 Å². The van der Waals surface area contributed by atoms with E-state index in [0.29, 0.717) is 17.9 Å². The number of ether oxygens (including phenoxy) is 1. The highest BCUT2D eigenvalue weighted by Gasteiger charge is 2.13. The van der Waals surface area contributed by atoms with E-state index in [-0.39, 0.29) is 5.69 Å². The van der Waals surface area contributed by atoms with Gasteiger partial charge in [-0.1, -0.05) is 6.07 Å². The van der Waals surface area contributed by atoms with E-state index < -0.39 is 5.97 Å². The van der Waals surface area contributed by atoms with E-state index in [1.54, 1.807) is 6.20 Å². The molecule has 0 aromatic carbocycles. The Labute approximate surface area is 117 Å². The Morgan fingerprint density at radius 1 is 1.35 bits per heavy atom. The molecule has 0 fully saturated rings. The average Bonchev–Trinajstić information content (AvgIpc) is 2.47. The lowest BCUT2D eigenvalue weighted by Gasteiger charge is -2.11.